The molecule has 2 aromatic rings. The van der Waals surface area contributed by atoms with E-state index in [1.807, 2.05) is 43.3 Å². The first-order chi connectivity index (χ1) is 12.8. The molecular weight excluding hydrogens is 348 g/mol. The van der Waals surface area contributed by atoms with Gasteiger partial charge in [0.15, 0.2) is 0 Å². The number of benzene rings is 1. The van der Waals surface area contributed by atoms with Crippen molar-refractivity contribution >= 4 is 17.5 Å². The van der Waals surface area contributed by atoms with E-state index in [-0.39, 0.29) is 18.0 Å². The van der Waals surface area contributed by atoms with Crippen molar-refractivity contribution in [1.82, 2.24) is 9.97 Å². The van der Waals surface area contributed by atoms with Gasteiger partial charge in [-0.05, 0) is 31.5 Å². The Hall–Kier alpha value is -3.29. The van der Waals surface area contributed by atoms with Crippen LogP contribution in [0.4, 0.5) is 11.5 Å². The third-order valence-electron chi connectivity index (χ3n) is 4.51. The van der Waals surface area contributed by atoms with Crippen LogP contribution in [0.1, 0.15) is 30.9 Å². The first kappa shape index (κ1) is 18.5. The standard InChI is InChI=1S/C19H22N4O4/c1-5-27-18(25)13-10(2)20-16-15(17(24)22-19(26)21-16)14(13)11-6-8-12(9-7-11)23(3)4/h6-9,14H,5H2,1-4H3,(H3,20,21,22,24,26)/t14-/m1/s1. The van der Waals surface area contributed by atoms with Crippen molar-refractivity contribution in [1.29, 1.82) is 0 Å². The number of ether oxygens (including phenoxy) is 1. The predicted octanol–water partition coefficient (Wildman–Crippen LogP) is 1.52. The molecule has 27 heavy (non-hydrogen) atoms. The number of esters is 1. The number of aromatic amines is 2. The molecule has 1 aromatic heterocycles. The maximum absolute atomic E-state index is 12.6. The Morgan fingerprint density at radius 2 is 1.81 bits per heavy atom. The number of nitrogens with zero attached hydrogens (tertiary/aromatic N) is 1. The second kappa shape index (κ2) is 7.14. The normalized spacial score (nSPS) is 15.8. The Kier molecular flexibility index (Phi) is 4.89. The van der Waals surface area contributed by atoms with Crippen LogP contribution in [0.25, 0.3) is 0 Å². The van der Waals surface area contributed by atoms with Gasteiger partial charge in [-0.2, -0.15) is 0 Å². The number of allylic oxidation sites excluding steroid dienone is 1. The van der Waals surface area contributed by atoms with Gasteiger partial charge in [-0.25, -0.2) is 9.59 Å². The van der Waals surface area contributed by atoms with Gasteiger partial charge < -0.3 is 15.0 Å². The molecule has 0 bridgehead atoms. The largest absolute Gasteiger partial charge is 0.463 e. The van der Waals surface area contributed by atoms with E-state index < -0.39 is 23.1 Å². The molecule has 0 unspecified atom stereocenters. The van der Waals surface area contributed by atoms with Crippen LogP contribution in [-0.2, 0) is 9.53 Å². The molecule has 0 aliphatic carbocycles. The molecule has 0 fully saturated rings. The molecule has 1 aliphatic heterocycles. The van der Waals surface area contributed by atoms with E-state index in [0.29, 0.717) is 11.3 Å². The maximum Gasteiger partial charge on any atom is 0.336 e. The second-order valence-electron chi connectivity index (χ2n) is 6.50. The zero-order valence-corrected chi connectivity index (χ0v) is 15.7. The molecule has 8 heteroatoms. The van der Waals surface area contributed by atoms with Gasteiger partial charge in [-0.1, -0.05) is 12.1 Å². The van der Waals surface area contributed by atoms with Crippen LogP contribution in [0.3, 0.4) is 0 Å². The molecule has 1 aromatic carbocycles. The van der Waals surface area contributed by atoms with Crippen LogP contribution < -0.4 is 21.5 Å². The highest BCUT2D eigenvalue weighted by molar-refractivity contribution is 5.94. The topological polar surface area (TPSA) is 107 Å². The molecule has 2 heterocycles. The van der Waals surface area contributed by atoms with Gasteiger partial charge in [0, 0.05) is 25.5 Å². The van der Waals surface area contributed by atoms with Gasteiger partial charge in [0.25, 0.3) is 5.56 Å². The van der Waals surface area contributed by atoms with Gasteiger partial charge >= 0.3 is 11.7 Å². The Bertz CT molecular complexity index is 1020. The highest BCUT2D eigenvalue weighted by Crippen LogP contribution is 2.39. The third kappa shape index (κ3) is 3.38. The molecule has 0 spiro atoms. The van der Waals surface area contributed by atoms with Crippen LogP contribution in [0.15, 0.2) is 45.1 Å². The van der Waals surface area contributed by atoms with Crippen LogP contribution in [-0.4, -0.2) is 36.6 Å². The predicted molar refractivity (Wildman–Crippen MR) is 103 cm³/mol. The van der Waals surface area contributed by atoms with E-state index in [1.165, 1.54) is 0 Å². The summed E-state index contributed by atoms with van der Waals surface area (Å²) in [6.45, 7) is 3.66. The number of nitrogens with one attached hydrogen (secondary N) is 3. The molecule has 0 radical (unpaired) electrons. The van der Waals surface area contributed by atoms with Crippen molar-refractivity contribution in [3.8, 4) is 0 Å². The number of carbonyl (C=O) groups is 1. The highest BCUT2D eigenvalue weighted by Gasteiger charge is 2.35. The van der Waals surface area contributed by atoms with Crippen LogP contribution >= 0.6 is 0 Å². The summed E-state index contributed by atoms with van der Waals surface area (Å²) < 4.78 is 5.21. The van der Waals surface area contributed by atoms with E-state index in [2.05, 4.69) is 15.3 Å². The minimum atomic E-state index is -0.655. The third-order valence-corrected chi connectivity index (χ3v) is 4.51. The van der Waals surface area contributed by atoms with E-state index in [1.54, 1.807) is 13.8 Å². The fraction of sp³-hybridized carbons (Fsp3) is 0.316. The molecule has 3 rings (SSSR count). The minimum absolute atomic E-state index is 0.219. The molecule has 1 atom stereocenters. The van der Waals surface area contributed by atoms with E-state index in [4.69, 9.17) is 4.74 Å². The van der Waals surface area contributed by atoms with Gasteiger partial charge in [-0.3, -0.25) is 14.8 Å². The van der Waals surface area contributed by atoms with Crippen molar-refractivity contribution in [2.75, 3.05) is 30.9 Å². The number of rotatable bonds is 4. The molecule has 8 nitrogen and oxygen atoms in total. The zero-order chi connectivity index (χ0) is 19.7. The number of fused-ring (bicyclic) bond motifs is 1. The number of hydrogen-bond donors (Lipinski definition) is 3. The van der Waals surface area contributed by atoms with Crippen molar-refractivity contribution in [3.63, 3.8) is 0 Å². The zero-order valence-electron chi connectivity index (χ0n) is 15.7. The SMILES string of the molecule is CCOC(=O)C1=C(C)Nc2[nH]c(=O)[nH]c(=O)c2[C@@H]1c1ccc(N(C)C)cc1. The minimum Gasteiger partial charge on any atom is -0.463 e. The average molecular weight is 370 g/mol. The Morgan fingerprint density at radius 3 is 2.41 bits per heavy atom. The summed E-state index contributed by atoms with van der Waals surface area (Å²) in [5.74, 6) is -0.867. The first-order valence-electron chi connectivity index (χ1n) is 8.62. The Balaban J connectivity index is 2.23. The molecule has 0 amide bonds. The van der Waals surface area contributed by atoms with E-state index >= 15 is 0 Å². The summed E-state index contributed by atoms with van der Waals surface area (Å²) in [6.07, 6.45) is 0. The Labute approximate surface area is 155 Å². The molecule has 1 aliphatic rings. The Morgan fingerprint density at radius 1 is 1.15 bits per heavy atom. The van der Waals surface area contributed by atoms with Gasteiger partial charge in [-0.15, -0.1) is 0 Å². The average Bonchev–Trinajstić information content (AvgIpc) is 2.60. The number of H-pyrrole nitrogens is 2. The smallest absolute Gasteiger partial charge is 0.336 e. The van der Waals surface area contributed by atoms with E-state index in [9.17, 15) is 14.4 Å². The monoisotopic (exact) mass is 370 g/mol. The van der Waals surface area contributed by atoms with Gasteiger partial charge in [0.2, 0.25) is 0 Å². The van der Waals surface area contributed by atoms with Crippen molar-refractivity contribution in [3.05, 3.63) is 67.5 Å². The fourth-order valence-corrected chi connectivity index (χ4v) is 3.26. The molecular formula is C19H22N4O4. The van der Waals surface area contributed by atoms with Gasteiger partial charge in [0.1, 0.15) is 5.82 Å². The number of hydrogen-bond acceptors (Lipinski definition) is 6. The number of aromatic nitrogens is 2. The summed E-state index contributed by atoms with van der Waals surface area (Å²) in [5, 5.41) is 2.96. The number of carbonyl (C=O) groups excluding carboxylic acids is 1. The van der Waals surface area contributed by atoms with Crippen LogP contribution in [0.5, 0.6) is 0 Å². The summed E-state index contributed by atoms with van der Waals surface area (Å²) in [7, 11) is 3.86. The lowest BCUT2D eigenvalue weighted by molar-refractivity contribution is -0.138. The number of anilines is 2. The molecule has 142 valence electrons. The quantitative estimate of drug-likeness (QED) is 0.705. The maximum atomic E-state index is 12.6. The summed E-state index contributed by atoms with van der Waals surface area (Å²) in [4.78, 5) is 43.7. The second-order valence-corrected chi connectivity index (χ2v) is 6.50. The molecule has 0 saturated heterocycles. The molecule has 0 saturated carbocycles. The first-order valence-corrected chi connectivity index (χ1v) is 8.62. The summed E-state index contributed by atoms with van der Waals surface area (Å²) in [6, 6.07) is 7.56. The van der Waals surface area contributed by atoms with Crippen LogP contribution in [0.2, 0.25) is 0 Å². The van der Waals surface area contributed by atoms with Crippen LogP contribution in [0, 0.1) is 0 Å². The lowest BCUT2D eigenvalue weighted by Crippen LogP contribution is -2.35. The van der Waals surface area contributed by atoms with E-state index in [0.717, 1.165) is 11.3 Å². The fourth-order valence-electron chi connectivity index (χ4n) is 3.26. The summed E-state index contributed by atoms with van der Waals surface area (Å²) >= 11 is 0. The van der Waals surface area contributed by atoms with Gasteiger partial charge in [0.05, 0.1) is 23.7 Å². The lowest BCUT2D eigenvalue weighted by Gasteiger charge is -2.29. The highest BCUT2D eigenvalue weighted by atomic mass is 16.5. The van der Waals surface area contributed by atoms with Crippen molar-refractivity contribution in [2.24, 2.45) is 0 Å². The summed E-state index contributed by atoms with van der Waals surface area (Å²) in [5.41, 5.74) is 1.74. The molecule has 3 N–H and O–H groups in total. The van der Waals surface area contributed by atoms with Crippen molar-refractivity contribution < 1.29 is 9.53 Å². The lowest BCUT2D eigenvalue weighted by atomic mass is 9.82. The van der Waals surface area contributed by atoms with Crippen molar-refractivity contribution in [2.45, 2.75) is 19.8 Å².